The van der Waals surface area contributed by atoms with Crippen LogP contribution in [0, 0.1) is 0 Å². The number of thioether (sulfide) groups is 1. The van der Waals surface area contributed by atoms with E-state index in [2.05, 4.69) is 0 Å². The maximum atomic E-state index is 11.6. The van der Waals surface area contributed by atoms with Gasteiger partial charge in [-0.25, -0.2) is 0 Å². The third-order valence-electron chi connectivity index (χ3n) is 2.80. The van der Waals surface area contributed by atoms with Crippen molar-refractivity contribution in [1.29, 1.82) is 0 Å². The first kappa shape index (κ1) is 12.7. The van der Waals surface area contributed by atoms with Crippen LogP contribution in [0.25, 0.3) is 0 Å². The average Bonchev–Trinajstić information content (AvgIpc) is 2.40. The molecule has 18 heavy (non-hydrogen) atoms. The fraction of sp³-hybridized carbons (Fsp3) is 0.133. The molecule has 0 aliphatic heterocycles. The van der Waals surface area contributed by atoms with E-state index < -0.39 is 10.7 Å². The Morgan fingerprint density at radius 1 is 1.00 bits per heavy atom. The number of benzene rings is 2. The van der Waals surface area contributed by atoms with Crippen LogP contribution in [0.2, 0.25) is 0 Å². The van der Waals surface area contributed by atoms with E-state index in [1.165, 1.54) is 11.8 Å². The predicted molar refractivity (Wildman–Crippen MR) is 73.7 cm³/mol. The molecule has 0 spiro atoms. The zero-order chi connectivity index (χ0) is 13.0. The SMILES string of the molecule is C[C@@](Sc1ccccc1)(C(=O)O)c1ccccc1. The van der Waals surface area contributed by atoms with Crippen molar-refractivity contribution in [2.75, 3.05) is 0 Å². The summed E-state index contributed by atoms with van der Waals surface area (Å²) in [5, 5.41) is 9.53. The summed E-state index contributed by atoms with van der Waals surface area (Å²) in [4.78, 5) is 12.6. The molecule has 0 saturated carbocycles. The lowest BCUT2D eigenvalue weighted by Gasteiger charge is -2.24. The van der Waals surface area contributed by atoms with Crippen molar-refractivity contribution >= 4 is 17.7 Å². The number of carbonyl (C=O) groups is 1. The molecule has 0 bridgehead atoms. The molecule has 2 nitrogen and oxygen atoms in total. The molecule has 0 radical (unpaired) electrons. The third kappa shape index (κ3) is 2.57. The fourth-order valence-electron chi connectivity index (χ4n) is 1.71. The molecule has 0 aliphatic carbocycles. The van der Waals surface area contributed by atoms with Crippen molar-refractivity contribution in [3.63, 3.8) is 0 Å². The molecular formula is C15H14O2S. The zero-order valence-corrected chi connectivity index (χ0v) is 10.9. The molecule has 2 aromatic rings. The predicted octanol–water partition coefficient (Wildman–Crippen LogP) is 3.78. The van der Waals surface area contributed by atoms with E-state index >= 15 is 0 Å². The summed E-state index contributed by atoms with van der Waals surface area (Å²) >= 11 is 1.35. The van der Waals surface area contributed by atoms with Gasteiger partial charge in [0.2, 0.25) is 0 Å². The van der Waals surface area contributed by atoms with Gasteiger partial charge < -0.3 is 5.11 Å². The van der Waals surface area contributed by atoms with Crippen molar-refractivity contribution in [3.8, 4) is 0 Å². The van der Waals surface area contributed by atoms with Gasteiger partial charge in [0, 0.05) is 4.90 Å². The highest BCUT2D eigenvalue weighted by Crippen LogP contribution is 2.41. The Kier molecular flexibility index (Phi) is 3.72. The van der Waals surface area contributed by atoms with Gasteiger partial charge in [-0.3, -0.25) is 4.79 Å². The van der Waals surface area contributed by atoms with Crippen LogP contribution >= 0.6 is 11.8 Å². The van der Waals surface area contributed by atoms with Crippen molar-refractivity contribution in [3.05, 3.63) is 66.2 Å². The molecule has 0 saturated heterocycles. The summed E-state index contributed by atoms with van der Waals surface area (Å²) in [7, 11) is 0. The Hall–Kier alpha value is -1.74. The van der Waals surface area contributed by atoms with Crippen LogP contribution in [0.5, 0.6) is 0 Å². The molecule has 0 aliphatic rings. The Balaban J connectivity index is 2.37. The zero-order valence-electron chi connectivity index (χ0n) is 10.0. The summed E-state index contributed by atoms with van der Waals surface area (Å²) < 4.78 is -0.970. The monoisotopic (exact) mass is 258 g/mol. The maximum absolute atomic E-state index is 11.6. The molecule has 0 aromatic heterocycles. The van der Waals surface area contributed by atoms with Gasteiger partial charge in [0.05, 0.1) is 0 Å². The average molecular weight is 258 g/mol. The quantitative estimate of drug-likeness (QED) is 0.848. The number of hydrogen-bond donors (Lipinski definition) is 1. The highest BCUT2D eigenvalue weighted by atomic mass is 32.2. The van der Waals surface area contributed by atoms with Crippen LogP contribution in [0.1, 0.15) is 12.5 Å². The van der Waals surface area contributed by atoms with Crippen molar-refractivity contribution < 1.29 is 9.90 Å². The van der Waals surface area contributed by atoms with E-state index in [0.29, 0.717) is 0 Å². The first-order valence-corrected chi connectivity index (χ1v) is 6.47. The number of aliphatic carboxylic acids is 1. The number of rotatable bonds is 4. The van der Waals surface area contributed by atoms with Gasteiger partial charge in [0.1, 0.15) is 4.75 Å². The largest absolute Gasteiger partial charge is 0.480 e. The highest BCUT2D eigenvalue weighted by molar-refractivity contribution is 8.01. The second kappa shape index (κ2) is 5.27. The highest BCUT2D eigenvalue weighted by Gasteiger charge is 2.36. The van der Waals surface area contributed by atoms with E-state index in [0.717, 1.165) is 10.5 Å². The standard InChI is InChI=1S/C15H14O2S/c1-15(14(16)17,12-8-4-2-5-9-12)18-13-10-6-3-7-11-13/h2-11H,1H3,(H,16,17)/t15-/m0/s1. The molecular weight excluding hydrogens is 244 g/mol. The Bertz CT molecular complexity index is 525. The second-order valence-electron chi connectivity index (χ2n) is 4.12. The smallest absolute Gasteiger partial charge is 0.324 e. The summed E-state index contributed by atoms with van der Waals surface area (Å²) in [5.41, 5.74) is 0.798. The minimum atomic E-state index is -0.970. The molecule has 2 aromatic carbocycles. The van der Waals surface area contributed by atoms with Crippen molar-refractivity contribution in [2.24, 2.45) is 0 Å². The Morgan fingerprint density at radius 2 is 1.50 bits per heavy atom. The first-order chi connectivity index (χ1) is 8.63. The lowest BCUT2D eigenvalue weighted by atomic mass is 10.0. The molecule has 0 heterocycles. The van der Waals surface area contributed by atoms with Crippen LogP contribution in [-0.2, 0) is 9.54 Å². The number of carboxylic acids is 1. The van der Waals surface area contributed by atoms with Crippen LogP contribution in [-0.4, -0.2) is 11.1 Å². The van der Waals surface area contributed by atoms with Gasteiger partial charge in [-0.2, -0.15) is 0 Å². The van der Waals surface area contributed by atoms with Crippen molar-refractivity contribution in [1.82, 2.24) is 0 Å². The van der Waals surface area contributed by atoms with Crippen LogP contribution < -0.4 is 0 Å². The summed E-state index contributed by atoms with van der Waals surface area (Å²) in [6, 6.07) is 18.9. The molecule has 92 valence electrons. The normalized spacial score (nSPS) is 13.8. The fourth-order valence-corrected chi connectivity index (χ4v) is 2.81. The van der Waals surface area contributed by atoms with E-state index in [1.54, 1.807) is 6.92 Å². The molecule has 0 fully saturated rings. The van der Waals surface area contributed by atoms with Gasteiger partial charge in [0.25, 0.3) is 0 Å². The molecule has 2 rings (SSSR count). The van der Waals surface area contributed by atoms with Crippen LogP contribution in [0.4, 0.5) is 0 Å². The van der Waals surface area contributed by atoms with E-state index in [9.17, 15) is 9.90 Å². The van der Waals surface area contributed by atoms with Gasteiger partial charge >= 0.3 is 5.97 Å². The lowest BCUT2D eigenvalue weighted by molar-refractivity contribution is -0.139. The van der Waals surface area contributed by atoms with Gasteiger partial charge in [-0.1, -0.05) is 48.5 Å². The minimum Gasteiger partial charge on any atom is -0.480 e. The van der Waals surface area contributed by atoms with E-state index in [-0.39, 0.29) is 0 Å². The molecule has 3 heteroatoms. The summed E-state index contributed by atoms with van der Waals surface area (Å²) in [5.74, 6) is -0.831. The third-order valence-corrected chi connectivity index (χ3v) is 4.12. The Labute approximate surface area is 111 Å². The number of hydrogen-bond acceptors (Lipinski definition) is 2. The Morgan fingerprint density at radius 3 is 2.00 bits per heavy atom. The minimum absolute atomic E-state index is 0.798. The second-order valence-corrected chi connectivity index (χ2v) is 5.61. The molecule has 1 atom stereocenters. The van der Waals surface area contributed by atoms with E-state index in [1.807, 2.05) is 60.7 Å². The van der Waals surface area contributed by atoms with Gasteiger partial charge in [-0.15, -0.1) is 11.8 Å². The van der Waals surface area contributed by atoms with E-state index in [4.69, 9.17) is 0 Å². The molecule has 1 N–H and O–H groups in total. The maximum Gasteiger partial charge on any atom is 0.324 e. The van der Waals surface area contributed by atoms with Gasteiger partial charge in [0.15, 0.2) is 0 Å². The topological polar surface area (TPSA) is 37.3 Å². The molecule has 0 unspecified atom stereocenters. The van der Waals surface area contributed by atoms with Crippen LogP contribution in [0.3, 0.4) is 0 Å². The first-order valence-electron chi connectivity index (χ1n) is 5.66. The van der Waals surface area contributed by atoms with Crippen LogP contribution in [0.15, 0.2) is 65.6 Å². The molecule has 0 amide bonds. The summed E-state index contributed by atoms with van der Waals surface area (Å²) in [6.45, 7) is 1.74. The summed E-state index contributed by atoms with van der Waals surface area (Å²) in [6.07, 6.45) is 0. The lowest BCUT2D eigenvalue weighted by Crippen LogP contribution is -2.28. The number of carboxylic acid groups (broad SMARTS) is 1. The van der Waals surface area contributed by atoms with Gasteiger partial charge in [-0.05, 0) is 24.6 Å². The van der Waals surface area contributed by atoms with Crippen molar-refractivity contribution in [2.45, 2.75) is 16.6 Å².